The van der Waals surface area contributed by atoms with Crippen molar-refractivity contribution in [2.45, 2.75) is 37.0 Å². The normalized spacial score (nSPS) is 20.8. The zero-order valence-corrected chi connectivity index (χ0v) is 18.7. The summed E-state index contributed by atoms with van der Waals surface area (Å²) < 4.78 is 33.7. The number of nitrogens with zero attached hydrogens (tertiary/aromatic N) is 2. The van der Waals surface area contributed by atoms with Crippen LogP contribution >= 0.6 is 11.3 Å². The van der Waals surface area contributed by atoms with Crippen LogP contribution in [0, 0.1) is 5.92 Å². The van der Waals surface area contributed by atoms with E-state index in [9.17, 15) is 13.2 Å². The van der Waals surface area contributed by atoms with Crippen LogP contribution < -0.4 is 4.74 Å². The van der Waals surface area contributed by atoms with Gasteiger partial charge < -0.3 is 9.64 Å². The van der Waals surface area contributed by atoms with E-state index >= 15 is 0 Å². The summed E-state index contributed by atoms with van der Waals surface area (Å²) in [5, 5.41) is 1.71. The number of hydrogen-bond donors (Lipinski definition) is 0. The maximum atomic E-state index is 13.2. The van der Waals surface area contributed by atoms with E-state index in [4.69, 9.17) is 4.74 Å². The van der Waals surface area contributed by atoms with Gasteiger partial charge in [-0.25, -0.2) is 8.42 Å². The molecule has 0 N–H and O–H groups in total. The third kappa shape index (κ3) is 4.71. The van der Waals surface area contributed by atoms with Gasteiger partial charge in [0, 0.05) is 32.1 Å². The van der Waals surface area contributed by atoms with Crippen molar-refractivity contribution in [3.63, 3.8) is 0 Å². The summed E-state index contributed by atoms with van der Waals surface area (Å²) in [5.41, 5.74) is 0. The summed E-state index contributed by atoms with van der Waals surface area (Å²) in [7, 11) is -3.62. The average molecular weight is 449 g/mol. The highest BCUT2D eigenvalue weighted by molar-refractivity contribution is 7.89. The minimum absolute atomic E-state index is 0.169. The molecule has 30 heavy (non-hydrogen) atoms. The molecule has 1 aromatic carbocycles. The van der Waals surface area contributed by atoms with Gasteiger partial charge in [0.05, 0.1) is 6.61 Å². The molecule has 0 aliphatic carbocycles. The van der Waals surface area contributed by atoms with Crippen molar-refractivity contribution in [2.75, 3.05) is 32.8 Å². The van der Waals surface area contributed by atoms with Crippen LogP contribution in [-0.2, 0) is 10.0 Å². The lowest BCUT2D eigenvalue weighted by Gasteiger charge is -2.33. The topological polar surface area (TPSA) is 66.9 Å². The number of carbonyl (C=O) groups excluding carboxylic acids is 1. The number of hydrogen-bond acceptors (Lipinski definition) is 5. The van der Waals surface area contributed by atoms with Crippen molar-refractivity contribution in [1.82, 2.24) is 9.21 Å². The summed E-state index contributed by atoms with van der Waals surface area (Å²) >= 11 is 1.23. The van der Waals surface area contributed by atoms with Gasteiger partial charge in [-0.1, -0.05) is 24.6 Å². The van der Waals surface area contributed by atoms with Gasteiger partial charge >= 0.3 is 0 Å². The second-order valence-electron chi connectivity index (χ2n) is 7.96. The monoisotopic (exact) mass is 448 g/mol. The minimum atomic E-state index is -3.62. The first-order valence-electron chi connectivity index (χ1n) is 10.6. The zero-order chi connectivity index (χ0) is 21.0. The van der Waals surface area contributed by atoms with Gasteiger partial charge in [0.1, 0.15) is 15.5 Å². The van der Waals surface area contributed by atoms with Crippen molar-refractivity contribution in [3.8, 4) is 5.75 Å². The SMILES string of the molecule is O=C(c1sccc1S(=O)(=O)N1CCCCC1)N1CCCC(COc2ccccc2)C1. The van der Waals surface area contributed by atoms with E-state index in [2.05, 4.69) is 0 Å². The highest BCUT2D eigenvalue weighted by atomic mass is 32.2. The molecule has 1 unspecified atom stereocenters. The Morgan fingerprint density at radius 3 is 2.57 bits per heavy atom. The number of rotatable bonds is 6. The fraction of sp³-hybridized carbons (Fsp3) is 0.500. The molecule has 162 valence electrons. The number of ether oxygens (including phenoxy) is 1. The fourth-order valence-corrected chi connectivity index (χ4v) is 7.04. The Balaban J connectivity index is 1.44. The van der Waals surface area contributed by atoms with Crippen LogP contribution in [0.4, 0.5) is 0 Å². The number of thiophene rings is 1. The van der Waals surface area contributed by atoms with Crippen molar-refractivity contribution >= 4 is 27.3 Å². The molecule has 1 aromatic heterocycles. The Morgan fingerprint density at radius 1 is 1.03 bits per heavy atom. The molecule has 2 saturated heterocycles. The van der Waals surface area contributed by atoms with Gasteiger partial charge in [-0.05, 0) is 49.3 Å². The molecule has 2 aromatic rings. The van der Waals surface area contributed by atoms with Crippen molar-refractivity contribution in [3.05, 3.63) is 46.7 Å². The lowest BCUT2D eigenvalue weighted by Crippen LogP contribution is -2.42. The predicted molar refractivity (Wildman–Crippen MR) is 117 cm³/mol. The van der Waals surface area contributed by atoms with Gasteiger partial charge in [-0.3, -0.25) is 4.79 Å². The first-order chi connectivity index (χ1) is 14.6. The second kappa shape index (κ2) is 9.49. The van der Waals surface area contributed by atoms with Crippen LogP contribution in [0.3, 0.4) is 0 Å². The largest absolute Gasteiger partial charge is 0.493 e. The maximum Gasteiger partial charge on any atom is 0.265 e. The van der Waals surface area contributed by atoms with Gasteiger partial charge in [0.25, 0.3) is 5.91 Å². The Morgan fingerprint density at radius 2 is 1.80 bits per heavy atom. The Labute approximate surface area is 182 Å². The Kier molecular flexibility index (Phi) is 6.75. The number of benzene rings is 1. The number of piperidine rings is 2. The Hall–Kier alpha value is -1.90. The molecule has 0 radical (unpaired) electrons. The summed E-state index contributed by atoms with van der Waals surface area (Å²) in [4.78, 5) is 15.5. The van der Waals surface area contributed by atoms with Gasteiger partial charge in [-0.2, -0.15) is 4.31 Å². The van der Waals surface area contributed by atoms with Crippen LogP contribution in [0.15, 0.2) is 46.7 Å². The zero-order valence-electron chi connectivity index (χ0n) is 17.0. The smallest absolute Gasteiger partial charge is 0.265 e. The molecule has 0 bridgehead atoms. The average Bonchev–Trinajstić information content (AvgIpc) is 3.30. The fourth-order valence-electron chi connectivity index (χ4n) is 4.16. The molecule has 1 amide bonds. The minimum Gasteiger partial charge on any atom is -0.493 e. The lowest BCUT2D eigenvalue weighted by atomic mass is 9.99. The number of carbonyl (C=O) groups is 1. The van der Waals surface area contributed by atoms with Crippen LogP contribution in [0.2, 0.25) is 0 Å². The lowest BCUT2D eigenvalue weighted by molar-refractivity contribution is 0.0634. The van der Waals surface area contributed by atoms with Gasteiger partial charge in [0.15, 0.2) is 0 Å². The van der Waals surface area contributed by atoms with E-state index in [-0.39, 0.29) is 16.7 Å². The first kappa shape index (κ1) is 21.3. The molecule has 2 aliphatic rings. The van der Waals surface area contributed by atoms with E-state index in [0.717, 1.165) is 37.9 Å². The quantitative estimate of drug-likeness (QED) is 0.673. The van der Waals surface area contributed by atoms with E-state index in [1.807, 2.05) is 30.3 Å². The van der Waals surface area contributed by atoms with E-state index < -0.39 is 10.0 Å². The number of sulfonamides is 1. The number of amides is 1. The molecule has 0 saturated carbocycles. The van der Waals surface area contributed by atoms with Crippen molar-refractivity contribution < 1.29 is 17.9 Å². The van der Waals surface area contributed by atoms with Crippen LogP contribution in [0.25, 0.3) is 0 Å². The van der Waals surface area contributed by atoms with E-state index in [0.29, 0.717) is 37.7 Å². The van der Waals surface area contributed by atoms with Crippen molar-refractivity contribution in [2.24, 2.45) is 5.92 Å². The Bertz CT molecular complexity index is 953. The van der Waals surface area contributed by atoms with E-state index in [1.54, 1.807) is 16.3 Å². The van der Waals surface area contributed by atoms with E-state index in [1.165, 1.54) is 15.6 Å². The number of para-hydroxylation sites is 1. The third-order valence-electron chi connectivity index (χ3n) is 5.79. The molecule has 4 rings (SSSR count). The number of likely N-dealkylation sites (tertiary alicyclic amines) is 1. The molecule has 3 heterocycles. The highest BCUT2D eigenvalue weighted by Gasteiger charge is 2.33. The molecular weight excluding hydrogens is 420 g/mol. The standard InChI is InChI=1S/C22H28N2O4S2/c25-22(21-20(11-15-29-21)30(26,27)24-13-5-2-6-14-24)23-12-7-8-18(16-23)17-28-19-9-3-1-4-10-19/h1,3-4,9-11,15,18H,2,5-8,12-14,16-17H2. The van der Waals surface area contributed by atoms with Crippen LogP contribution in [-0.4, -0.2) is 56.3 Å². The molecule has 1 atom stereocenters. The first-order valence-corrected chi connectivity index (χ1v) is 12.9. The van der Waals surface area contributed by atoms with Crippen molar-refractivity contribution in [1.29, 1.82) is 0 Å². The van der Waals surface area contributed by atoms with Crippen LogP contribution in [0.1, 0.15) is 41.8 Å². The summed E-state index contributed by atoms with van der Waals surface area (Å²) in [6.07, 6.45) is 4.71. The highest BCUT2D eigenvalue weighted by Crippen LogP contribution is 2.30. The summed E-state index contributed by atoms with van der Waals surface area (Å²) in [5.74, 6) is 0.893. The van der Waals surface area contributed by atoms with Gasteiger partial charge in [0.2, 0.25) is 10.0 Å². The van der Waals surface area contributed by atoms with Crippen LogP contribution in [0.5, 0.6) is 5.75 Å². The maximum absolute atomic E-state index is 13.2. The molecule has 2 fully saturated rings. The molecular formula is C22H28N2O4S2. The van der Waals surface area contributed by atoms with Gasteiger partial charge in [-0.15, -0.1) is 11.3 Å². The summed E-state index contributed by atoms with van der Waals surface area (Å²) in [6.45, 7) is 2.87. The summed E-state index contributed by atoms with van der Waals surface area (Å²) in [6, 6.07) is 11.3. The molecule has 6 nitrogen and oxygen atoms in total. The second-order valence-corrected chi connectivity index (χ2v) is 10.8. The molecule has 2 aliphatic heterocycles. The third-order valence-corrected chi connectivity index (χ3v) is 8.76. The predicted octanol–water partition coefficient (Wildman–Crippen LogP) is 3.85. The molecule has 8 heteroatoms. The molecule has 0 spiro atoms.